The van der Waals surface area contributed by atoms with E-state index in [1.165, 1.54) is 5.56 Å². The molecule has 0 radical (unpaired) electrons. The van der Waals surface area contributed by atoms with Crippen LogP contribution < -0.4 is 10.2 Å². The number of carbonyl (C=O) groups excluding carboxylic acids is 1. The molecule has 0 saturated heterocycles. The van der Waals surface area contributed by atoms with Gasteiger partial charge in [-0.05, 0) is 31.5 Å². The number of fused-ring (bicyclic) bond motifs is 1. The van der Waals surface area contributed by atoms with E-state index in [1.807, 2.05) is 19.9 Å². The van der Waals surface area contributed by atoms with Crippen LogP contribution in [0.2, 0.25) is 0 Å². The van der Waals surface area contributed by atoms with E-state index in [2.05, 4.69) is 29.3 Å². The SMILES string of the molecule is CCN1CC(C)C(=O)Nc2cc(C)ccc21. The molecule has 16 heavy (non-hydrogen) atoms. The van der Waals surface area contributed by atoms with Gasteiger partial charge in [-0.1, -0.05) is 13.0 Å². The van der Waals surface area contributed by atoms with Crippen molar-refractivity contribution in [3.05, 3.63) is 23.8 Å². The summed E-state index contributed by atoms with van der Waals surface area (Å²) in [5.74, 6) is 0.149. The van der Waals surface area contributed by atoms with Crippen LogP contribution in [0.5, 0.6) is 0 Å². The van der Waals surface area contributed by atoms with Gasteiger partial charge in [-0.25, -0.2) is 0 Å². The standard InChI is InChI=1S/C13H18N2O/c1-4-15-8-10(3)13(16)14-11-7-9(2)5-6-12(11)15/h5-7,10H,4,8H2,1-3H3,(H,14,16). The fourth-order valence-electron chi connectivity index (χ4n) is 2.09. The molecule has 3 heteroatoms. The summed E-state index contributed by atoms with van der Waals surface area (Å²) >= 11 is 0. The summed E-state index contributed by atoms with van der Waals surface area (Å²) < 4.78 is 0. The second-order valence-corrected chi connectivity index (χ2v) is 4.45. The van der Waals surface area contributed by atoms with Crippen molar-refractivity contribution < 1.29 is 4.79 Å². The lowest BCUT2D eigenvalue weighted by Gasteiger charge is -2.23. The highest BCUT2D eigenvalue weighted by atomic mass is 16.1. The van der Waals surface area contributed by atoms with Crippen LogP contribution >= 0.6 is 0 Å². The molecule has 1 aromatic carbocycles. The number of amides is 1. The number of hydrogen-bond acceptors (Lipinski definition) is 2. The Morgan fingerprint density at radius 1 is 1.50 bits per heavy atom. The lowest BCUT2D eigenvalue weighted by Crippen LogP contribution is -2.30. The van der Waals surface area contributed by atoms with Crippen molar-refractivity contribution in [1.29, 1.82) is 0 Å². The Kier molecular flexibility index (Phi) is 2.86. The average molecular weight is 218 g/mol. The normalized spacial score (nSPS) is 20.1. The average Bonchev–Trinajstić information content (AvgIpc) is 2.36. The van der Waals surface area contributed by atoms with Crippen LogP contribution in [0.25, 0.3) is 0 Å². The van der Waals surface area contributed by atoms with Gasteiger partial charge < -0.3 is 10.2 Å². The van der Waals surface area contributed by atoms with Gasteiger partial charge in [0.1, 0.15) is 0 Å². The zero-order valence-electron chi connectivity index (χ0n) is 10.1. The Morgan fingerprint density at radius 3 is 2.94 bits per heavy atom. The van der Waals surface area contributed by atoms with Gasteiger partial charge >= 0.3 is 0 Å². The molecule has 1 heterocycles. The van der Waals surface area contributed by atoms with E-state index in [9.17, 15) is 4.79 Å². The molecule has 0 aromatic heterocycles. The number of rotatable bonds is 1. The van der Waals surface area contributed by atoms with Gasteiger partial charge in [0, 0.05) is 13.1 Å². The van der Waals surface area contributed by atoms with Crippen molar-refractivity contribution in [2.75, 3.05) is 23.3 Å². The van der Waals surface area contributed by atoms with Crippen LogP contribution in [0.3, 0.4) is 0 Å². The van der Waals surface area contributed by atoms with Crippen molar-refractivity contribution in [3.63, 3.8) is 0 Å². The molecule has 1 aliphatic rings. The summed E-state index contributed by atoms with van der Waals surface area (Å²) in [6.45, 7) is 7.84. The third-order valence-corrected chi connectivity index (χ3v) is 3.07. The van der Waals surface area contributed by atoms with Crippen LogP contribution in [0.1, 0.15) is 19.4 Å². The minimum atomic E-state index is 0.0349. The zero-order chi connectivity index (χ0) is 11.7. The Labute approximate surface area is 96.5 Å². The molecule has 0 spiro atoms. The molecule has 86 valence electrons. The van der Waals surface area contributed by atoms with Gasteiger partial charge in [-0.15, -0.1) is 0 Å². The topological polar surface area (TPSA) is 32.3 Å². The van der Waals surface area contributed by atoms with Crippen molar-refractivity contribution in [3.8, 4) is 0 Å². The maximum atomic E-state index is 11.8. The molecule has 3 nitrogen and oxygen atoms in total. The number of anilines is 2. The third-order valence-electron chi connectivity index (χ3n) is 3.07. The van der Waals surface area contributed by atoms with E-state index >= 15 is 0 Å². The molecule has 1 unspecified atom stereocenters. The lowest BCUT2D eigenvalue weighted by atomic mass is 10.1. The molecule has 2 rings (SSSR count). The Morgan fingerprint density at radius 2 is 2.25 bits per heavy atom. The number of nitrogens with one attached hydrogen (secondary N) is 1. The molecule has 1 atom stereocenters. The van der Waals surface area contributed by atoms with Crippen molar-refractivity contribution in [1.82, 2.24) is 0 Å². The molecule has 0 saturated carbocycles. The third kappa shape index (κ3) is 1.90. The minimum absolute atomic E-state index is 0.0349. The highest BCUT2D eigenvalue weighted by Gasteiger charge is 2.23. The van der Waals surface area contributed by atoms with Crippen LogP contribution in [0, 0.1) is 12.8 Å². The first kappa shape index (κ1) is 11.0. The van der Waals surface area contributed by atoms with E-state index in [0.717, 1.165) is 24.5 Å². The molecular formula is C13H18N2O. The lowest BCUT2D eigenvalue weighted by molar-refractivity contribution is -0.119. The summed E-state index contributed by atoms with van der Waals surface area (Å²) in [5, 5.41) is 3.00. The van der Waals surface area contributed by atoms with Crippen LogP contribution in [-0.4, -0.2) is 19.0 Å². The van der Waals surface area contributed by atoms with E-state index in [-0.39, 0.29) is 11.8 Å². The highest BCUT2D eigenvalue weighted by Crippen LogP contribution is 2.30. The Balaban J connectivity index is 2.46. The van der Waals surface area contributed by atoms with E-state index in [4.69, 9.17) is 0 Å². The van der Waals surface area contributed by atoms with Crippen LogP contribution in [0.15, 0.2) is 18.2 Å². The molecular weight excluding hydrogens is 200 g/mol. The van der Waals surface area contributed by atoms with E-state index in [1.54, 1.807) is 0 Å². The molecule has 0 bridgehead atoms. The minimum Gasteiger partial charge on any atom is -0.369 e. The smallest absolute Gasteiger partial charge is 0.229 e. The Hall–Kier alpha value is -1.51. The first-order valence-corrected chi connectivity index (χ1v) is 5.78. The van der Waals surface area contributed by atoms with Crippen molar-refractivity contribution in [2.24, 2.45) is 5.92 Å². The largest absolute Gasteiger partial charge is 0.369 e. The van der Waals surface area contributed by atoms with E-state index in [0.29, 0.717) is 0 Å². The summed E-state index contributed by atoms with van der Waals surface area (Å²) in [7, 11) is 0. The van der Waals surface area contributed by atoms with Gasteiger partial charge in [0.05, 0.1) is 17.3 Å². The van der Waals surface area contributed by atoms with Crippen LogP contribution in [-0.2, 0) is 4.79 Å². The van der Waals surface area contributed by atoms with Gasteiger partial charge in [-0.2, -0.15) is 0 Å². The first-order valence-electron chi connectivity index (χ1n) is 5.78. The molecule has 0 fully saturated rings. The number of benzene rings is 1. The maximum Gasteiger partial charge on any atom is 0.229 e. The molecule has 1 amide bonds. The molecule has 0 aliphatic carbocycles. The second kappa shape index (κ2) is 4.16. The van der Waals surface area contributed by atoms with Gasteiger partial charge in [-0.3, -0.25) is 4.79 Å². The number of carbonyl (C=O) groups is 1. The quantitative estimate of drug-likeness (QED) is 0.785. The van der Waals surface area contributed by atoms with Gasteiger partial charge in [0.2, 0.25) is 5.91 Å². The van der Waals surface area contributed by atoms with Crippen molar-refractivity contribution >= 4 is 17.3 Å². The number of aryl methyl sites for hydroxylation is 1. The van der Waals surface area contributed by atoms with Crippen LogP contribution in [0.4, 0.5) is 11.4 Å². The summed E-state index contributed by atoms with van der Waals surface area (Å²) in [4.78, 5) is 14.1. The number of nitrogens with zero attached hydrogens (tertiary/aromatic N) is 1. The predicted molar refractivity (Wildman–Crippen MR) is 66.9 cm³/mol. The molecule has 1 N–H and O–H groups in total. The molecule has 1 aliphatic heterocycles. The Bertz CT molecular complexity index is 414. The highest BCUT2D eigenvalue weighted by molar-refractivity contribution is 5.97. The number of hydrogen-bond donors (Lipinski definition) is 1. The summed E-state index contributed by atoms with van der Waals surface area (Å²) in [6, 6.07) is 6.21. The predicted octanol–water partition coefficient (Wildman–Crippen LogP) is 2.41. The summed E-state index contributed by atoms with van der Waals surface area (Å²) in [5.41, 5.74) is 3.24. The maximum absolute atomic E-state index is 11.8. The molecule has 1 aromatic rings. The fraction of sp³-hybridized carbons (Fsp3) is 0.462. The second-order valence-electron chi connectivity index (χ2n) is 4.45. The van der Waals surface area contributed by atoms with Gasteiger partial charge in [0.15, 0.2) is 0 Å². The van der Waals surface area contributed by atoms with Gasteiger partial charge in [0.25, 0.3) is 0 Å². The first-order chi connectivity index (χ1) is 7.61. The monoisotopic (exact) mass is 218 g/mol. The zero-order valence-corrected chi connectivity index (χ0v) is 10.1. The summed E-state index contributed by atoms with van der Waals surface area (Å²) in [6.07, 6.45) is 0. The van der Waals surface area contributed by atoms with E-state index < -0.39 is 0 Å². The van der Waals surface area contributed by atoms with Crippen molar-refractivity contribution in [2.45, 2.75) is 20.8 Å². The fourth-order valence-corrected chi connectivity index (χ4v) is 2.09.